The first kappa shape index (κ1) is 13.4. The highest BCUT2D eigenvalue weighted by Crippen LogP contribution is 2.60. The van der Waals surface area contributed by atoms with Gasteiger partial charge < -0.3 is 10.5 Å². The highest BCUT2D eigenvalue weighted by atomic mass is 16.5. The maximum Gasteiger partial charge on any atom is 0.103 e. The lowest BCUT2D eigenvalue weighted by Crippen LogP contribution is -2.37. The number of hydrogen-bond acceptors (Lipinski definition) is 2. The minimum absolute atomic E-state index is 0.0168. The highest BCUT2D eigenvalue weighted by molar-refractivity contribution is 5.72. The Balaban J connectivity index is 1.74. The molecule has 1 fully saturated rings. The third-order valence-corrected chi connectivity index (χ3v) is 5.51. The van der Waals surface area contributed by atoms with Crippen molar-refractivity contribution in [1.82, 2.24) is 0 Å². The summed E-state index contributed by atoms with van der Waals surface area (Å²) in [6.45, 7) is 3.11. The van der Waals surface area contributed by atoms with Gasteiger partial charge >= 0.3 is 0 Å². The van der Waals surface area contributed by atoms with Crippen molar-refractivity contribution < 1.29 is 4.74 Å². The smallest absolute Gasteiger partial charge is 0.103 e. The van der Waals surface area contributed by atoms with Crippen LogP contribution in [0.5, 0.6) is 0 Å². The topological polar surface area (TPSA) is 35.2 Å². The summed E-state index contributed by atoms with van der Waals surface area (Å²) >= 11 is 0. The predicted octanol–water partition coefficient (Wildman–Crippen LogP) is 4.48. The summed E-state index contributed by atoms with van der Waals surface area (Å²) in [7, 11) is 0. The summed E-state index contributed by atoms with van der Waals surface area (Å²) < 4.78 is 6.07. The molecule has 2 heteroatoms. The molecule has 1 heterocycles. The molecule has 112 valence electrons. The van der Waals surface area contributed by atoms with Crippen LogP contribution < -0.4 is 5.73 Å². The third kappa shape index (κ3) is 1.80. The molecule has 3 aliphatic rings. The van der Waals surface area contributed by atoms with Gasteiger partial charge in [-0.05, 0) is 42.2 Å². The Morgan fingerprint density at radius 3 is 2.86 bits per heavy atom. The quantitative estimate of drug-likeness (QED) is 0.774. The van der Waals surface area contributed by atoms with Gasteiger partial charge in [-0.2, -0.15) is 0 Å². The van der Waals surface area contributed by atoms with E-state index in [-0.39, 0.29) is 10.8 Å². The number of nitrogen functional groups attached to an aromatic ring is 1. The van der Waals surface area contributed by atoms with E-state index in [0.717, 1.165) is 30.9 Å². The zero-order chi connectivity index (χ0) is 15.2. The molecule has 2 nitrogen and oxygen atoms in total. The third-order valence-electron chi connectivity index (χ3n) is 5.51. The van der Waals surface area contributed by atoms with Gasteiger partial charge in [0.1, 0.15) is 5.76 Å². The lowest BCUT2D eigenvalue weighted by atomic mass is 9.58. The Bertz CT molecular complexity index is 740. The average Bonchev–Trinajstić information content (AvgIpc) is 2.80. The molecule has 0 radical (unpaired) electrons. The molecule has 2 aliphatic carbocycles. The van der Waals surface area contributed by atoms with Crippen molar-refractivity contribution in [2.75, 3.05) is 12.3 Å². The molecule has 0 bridgehead atoms. The molecule has 2 N–H and O–H groups in total. The van der Waals surface area contributed by atoms with Crippen molar-refractivity contribution in [1.29, 1.82) is 0 Å². The van der Waals surface area contributed by atoms with E-state index < -0.39 is 0 Å². The molecular formula is C20H21NO. The summed E-state index contributed by atoms with van der Waals surface area (Å²) in [6, 6.07) is 8.17. The Morgan fingerprint density at radius 2 is 2.09 bits per heavy atom. The van der Waals surface area contributed by atoms with Gasteiger partial charge in [0.2, 0.25) is 0 Å². The predicted molar refractivity (Wildman–Crippen MR) is 90.9 cm³/mol. The molecule has 4 rings (SSSR count). The summed E-state index contributed by atoms with van der Waals surface area (Å²) in [5.74, 6) is 1.13. The molecule has 1 saturated heterocycles. The minimum Gasteiger partial charge on any atom is -0.496 e. The fourth-order valence-corrected chi connectivity index (χ4v) is 4.00. The fourth-order valence-electron chi connectivity index (χ4n) is 4.00. The maximum absolute atomic E-state index is 6.07. The van der Waals surface area contributed by atoms with Crippen LogP contribution in [0.4, 0.5) is 5.69 Å². The SMILES string of the molecule is CC12CC(c3cccc(N)c3)=CC=C1OCC21C=CC=CC1. The summed E-state index contributed by atoms with van der Waals surface area (Å²) in [4.78, 5) is 0. The first-order valence-corrected chi connectivity index (χ1v) is 7.87. The molecule has 1 aliphatic heterocycles. The Hall–Kier alpha value is -2.22. The highest BCUT2D eigenvalue weighted by Gasteiger charge is 2.55. The number of allylic oxidation sites excluding steroid dienone is 7. The van der Waals surface area contributed by atoms with Gasteiger partial charge in [-0.15, -0.1) is 0 Å². The first-order valence-electron chi connectivity index (χ1n) is 7.87. The molecule has 2 atom stereocenters. The molecule has 1 spiro atoms. The maximum atomic E-state index is 6.07. The second kappa shape index (κ2) is 4.64. The number of benzene rings is 1. The van der Waals surface area contributed by atoms with Crippen molar-refractivity contribution in [3.63, 3.8) is 0 Å². The van der Waals surface area contributed by atoms with Crippen LogP contribution in [0.25, 0.3) is 5.57 Å². The Kier molecular flexibility index (Phi) is 2.83. The summed E-state index contributed by atoms with van der Waals surface area (Å²) in [5.41, 5.74) is 9.42. The molecular weight excluding hydrogens is 270 g/mol. The van der Waals surface area contributed by atoms with E-state index in [1.54, 1.807) is 0 Å². The molecule has 22 heavy (non-hydrogen) atoms. The van der Waals surface area contributed by atoms with Crippen LogP contribution in [-0.2, 0) is 4.74 Å². The number of rotatable bonds is 1. The van der Waals surface area contributed by atoms with Gasteiger partial charge in [-0.1, -0.05) is 49.4 Å². The zero-order valence-electron chi connectivity index (χ0n) is 12.9. The number of anilines is 1. The first-order chi connectivity index (χ1) is 10.6. The Labute approximate surface area is 131 Å². The standard InChI is InChI=1S/C20H21NO/c1-19-13-16(15-6-5-7-17(21)12-15)8-9-18(19)22-14-20(19)10-3-2-4-11-20/h2-10,12H,11,13-14,21H2,1H3. The van der Waals surface area contributed by atoms with Gasteiger partial charge in [0.25, 0.3) is 0 Å². The van der Waals surface area contributed by atoms with Crippen LogP contribution in [0.3, 0.4) is 0 Å². The van der Waals surface area contributed by atoms with Crippen LogP contribution in [0.1, 0.15) is 25.3 Å². The van der Waals surface area contributed by atoms with Crippen LogP contribution in [-0.4, -0.2) is 6.61 Å². The zero-order valence-corrected chi connectivity index (χ0v) is 12.9. The van der Waals surface area contributed by atoms with E-state index in [1.807, 2.05) is 12.1 Å². The molecule has 1 aromatic carbocycles. The Morgan fingerprint density at radius 1 is 1.18 bits per heavy atom. The van der Waals surface area contributed by atoms with E-state index >= 15 is 0 Å². The largest absolute Gasteiger partial charge is 0.496 e. The lowest BCUT2D eigenvalue weighted by molar-refractivity contribution is 0.182. The van der Waals surface area contributed by atoms with Crippen LogP contribution >= 0.6 is 0 Å². The van der Waals surface area contributed by atoms with Crippen molar-refractivity contribution in [3.05, 3.63) is 72.0 Å². The molecule has 0 amide bonds. The normalized spacial score (nSPS) is 32.4. The number of nitrogens with two attached hydrogens (primary N) is 1. The second-order valence-electron chi connectivity index (χ2n) is 6.79. The van der Waals surface area contributed by atoms with Crippen LogP contribution in [0, 0.1) is 10.8 Å². The molecule has 0 aromatic heterocycles. The van der Waals surface area contributed by atoms with Crippen molar-refractivity contribution >= 4 is 11.3 Å². The van der Waals surface area contributed by atoms with Gasteiger partial charge in [0, 0.05) is 16.5 Å². The van der Waals surface area contributed by atoms with E-state index in [4.69, 9.17) is 10.5 Å². The van der Waals surface area contributed by atoms with E-state index in [9.17, 15) is 0 Å². The van der Waals surface area contributed by atoms with E-state index in [1.165, 1.54) is 11.1 Å². The minimum atomic E-state index is 0.0168. The molecule has 0 saturated carbocycles. The summed E-state index contributed by atoms with van der Waals surface area (Å²) in [6.07, 6.45) is 15.3. The van der Waals surface area contributed by atoms with Gasteiger partial charge in [-0.3, -0.25) is 0 Å². The molecule has 2 unspecified atom stereocenters. The van der Waals surface area contributed by atoms with E-state index in [0.29, 0.717) is 0 Å². The van der Waals surface area contributed by atoms with Gasteiger partial charge in [0.05, 0.1) is 6.61 Å². The number of ether oxygens (including phenoxy) is 1. The van der Waals surface area contributed by atoms with Gasteiger partial charge in [0.15, 0.2) is 0 Å². The monoisotopic (exact) mass is 291 g/mol. The van der Waals surface area contributed by atoms with Gasteiger partial charge in [-0.25, -0.2) is 0 Å². The molecule has 1 aromatic rings. The van der Waals surface area contributed by atoms with E-state index in [2.05, 4.69) is 55.5 Å². The van der Waals surface area contributed by atoms with Crippen LogP contribution in [0.15, 0.2) is 66.5 Å². The number of hydrogen-bond donors (Lipinski definition) is 1. The second-order valence-corrected chi connectivity index (χ2v) is 6.79. The van der Waals surface area contributed by atoms with Crippen molar-refractivity contribution in [2.45, 2.75) is 19.8 Å². The fraction of sp³-hybridized carbons (Fsp3) is 0.300. The van der Waals surface area contributed by atoms with Crippen molar-refractivity contribution in [3.8, 4) is 0 Å². The average molecular weight is 291 g/mol. The lowest BCUT2D eigenvalue weighted by Gasteiger charge is -2.41. The van der Waals surface area contributed by atoms with Crippen molar-refractivity contribution in [2.24, 2.45) is 10.8 Å². The number of fused-ring (bicyclic) bond motifs is 2. The summed E-state index contributed by atoms with van der Waals surface area (Å²) in [5, 5.41) is 0. The van der Waals surface area contributed by atoms with Crippen LogP contribution in [0.2, 0.25) is 0 Å².